The van der Waals surface area contributed by atoms with Gasteiger partial charge in [-0.2, -0.15) is 5.26 Å². The maximum atomic E-state index is 9.00. The van der Waals surface area contributed by atoms with Crippen molar-refractivity contribution in [3.05, 3.63) is 28.8 Å². The van der Waals surface area contributed by atoms with Crippen LogP contribution in [0, 0.1) is 11.3 Å². The third-order valence-corrected chi connectivity index (χ3v) is 2.77. The number of hydrogen-bond donors (Lipinski definition) is 1. The van der Waals surface area contributed by atoms with Crippen LogP contribution in [-0.4, -0.2) is 26.2 Å². The van der Waals surface area contributed by atoms with Crippen LogP contribution < -0.4 is 10.2 Å². The normalized spacial score (nSPS) is 16.1. The van der Waals surface area contributed by atoms with Gasteiger partial charge in [-0.15, -0.1) is 0 Å². The molecule has 1 aromatic carbocycles. The monoisotopic (exact) mass is 221 g/mol. The molecular formula is C11H12ClN3. The maximum absolute atomic E-state index is 9.00. The van der Waals surface area contributed by atoms with E-state index in [1.54, 1.807) is 12.1 Å². The lowest BCUT2D eigenvalue weighted by Gasteiger charge is -2.30. The Hall–Kier alpha value is -1.24. The standard InChI is InChI=1S/C11H12ClN3/c12-10-2-1-9(8-13)11(7-10)15-5-3-14-4-6-15/h1-2,7,14H,3-6H2. The first-order valence-electron chi connectivity index (χ1n) is 4.96. The second-order valence-electron chi connectivity index (χ2n) is 3.51. The van der Waals surface area contributed by atoms with Crippen LogP contribution in [-0.2, 0) is 0 Å². The van der Waals surface area contributed by atoms with Crippen molar-refractivity contribution in [3.8, 4) is 6.07 Å². The molecule has 0 unspecified atom stereocenters. The minimum Gasteiger partial charge on any atom is -0.368 e. The van der Waals surface area contributed by atoms with Gasteiger partial charge in [0.05, 0.1) is 11.3 Å². The Bertz CT molecular complexity index is 391. The zero-order valence-electron chi connectivity index (χ0n) is 8.33. The average molecular weight is 222 g/mol. The fourth-order valence-corrected chi connectivity index (χ4v) is 1.93. The Morgan fingerprint density at radius 1 is 1.33 bits per heavy atom. The number of benzene rings is 1. The van der Waals surface area contributed by atoms with Crippen LogP contribution in [0.15, 0.2) is 18.2 Å². The molecule has 3 nitrogen and oxygen atoms in total. The zero-order chi connectivity index (χ0) is 10.7. The number of piperazine rings is 1. The van der Waals surface area contributed by atoms with Gasteiger partial charge in [0.15, 0.2) is 0 Å². The van der Waals surface area contributed by atoms with Crippen LogP contribution in [0.5, 0.6) is 0 Å². The van der Waals surface area contributed by atoms with Crippen LogP contribution >= 0.6 is 11.6 Å². The summed E-state index contributed by atoms with van der Waals surface area (Å²) in [6, 6.07) is 7.60. The summed E-state index contributed by atoms with van der Waals surface area (Å²) in [5.74, 6) is 0. The Morgan fingerprint density at radius 3 is 2.73 bits per heavy atom. The molecule has 0 amide bonds. The summed E-state index contributed by atoms with van der Waals surface area (Å²) in [6.07, 6.45) is 0. The van der Waals surface area contributed by atoms with E-state index in [2.05, 4.69) is 16.3 Å². The second-order valence-corrected chi connectivity index (χ2v) is 3.95. The number of hydrogen-bond acceptors (Lipinski definition) is 3. The molecule has 1 aromatic rings. The minimum atomic E-state index is 0.683. The van der Waals surface area contributed by atoms with Crippen molar-refractivity contribution in [3.63, 3.8) is 0 Å². The van der Waals surface area contributed by atoms with E-state index < -0.39 is 0 Å². The summed E-state index contributed by atoms with van der Waals surface area (Å²) in [4.78, 5) is 2.20. The molecule has 0 radical (unpaired) electrons. The molecule has 15 heavy (non-hydrogen) atoms. The number of nitriles is 1. The Labute approximate surface area is 94.3 Å². The van der Waals surface area contributed by atoms with E-state index in [0.29, 0.717) is 10.6 Å². The lowest BCUT2D eigenvalue weighted by molar-refractivity contribution is 0.589. The average Bonchev–Trinajstić information content (AvgIpc) is 2.30. The van der Waals surface area contributed by atoms with E-state index in [-0.39, 0.29) is 0 Å². The molecule has 2 rings (SSSR count). The van der Waals surface area contributed by atoms with Crippen molar-refractivity contribution in [2.24, 2.45) is 0 Å². The highest BCUT2D eigenvalue weighted by Gasteiger charge is 2.14. The summed E-state index contributed by atoms with van der Waals surface area (Å²) < 4.78 is 0. The largest absolute Gasteiger partial charge is 0.368 e. The van der Waals surface area contributed by atoms with Crippen LogP contribution in [0.3, 0.4) is 0 Å². The van der Waals surface area contributed by atoms with Crippen LogP contribution in [0.1, 0.15) is 5.56 Å². The fraction of sp³-hybridized carbons (Fsp3) is 0.364. The smallest absolute Gasteiger partial charge is 0.101 e. The first-order chi connectivity index (χ1) is 7.31. The van der Waals surface area contributed by atoms with Gasteiger partial charge in [0.2, 0.25) is 0 Å². The highest BCUT2D eigenvalue weighted by atomic mass is 35.5. The topological polar surface area (TPSA) is 39.1 Å². The molecule has 1 N–H and O–H groups in total. The Kier molecular flexibility index (Phi) is 3.10. The van der Waals surface area contributed by atoms with E-state index in [1.165, 1.54) is 0 Å². The van der Waals surface area contributed by atoms with Gasteiger partial charge in [0, 0.05) is 31.2 Å². The van der Waals surface area contributed by atoms with Gasteiger partial charge in [0.1, 0.15) is 6.07 Å². The van der Waals surface area contributed by atoms with E-state index in [9.17, 15) is 0 Å². The van der Waals surface area contributed by atoms with E-state index in [4.69, 9.17) is 16.9 Å². The molecule has 1 saturated heterocycles. The van der Waals surface area contributed by atoms with Gasteiger partial charge < -0.3 is 10.2 Å². The number of nitrogens with one attached hydrogen (secondary N) is 1. The molecule has 0 aromatic heterocycles. The van der Waals surface area contributed by atoms with Crippen LogP contribution in [0.2, 0.25) is 5.02 Å². The predicted octanol–water partition coefficient (Wildman–Crippen LogP) is 1.62. The molecule has 1 fully saturated rings. The van der Waals surface area contributed by atoms with Crippen molar-refractivity contribution < 1.29 is 0 Å². The molecule has 1 aliphatic heterocycles. The number of anilines is 1. The molecule has 0 spiro atoms. The summed E-state index contributed by atoms with van der Waals surface area (Å²) >= 11 is 5.94. The third kappa shape index (κ3) is 2.23. The van der Waals surface area contributed by atoms with E-state index in [0.717, 1.165) is 31.9 Å². The quantitative estimate of drug-likeness (QED) is 0.784. The summed E-state index contributed by atoms with van der Waals surface area (Å²) in [7, 11) is 0. The molecule has 78 valence electrons. The van der Waals surface area contributed by atoms with E-state index in [1.807, 2.05) is 6.07 Å². The van der Waals surface area contributed by atoms with Crippen molar-refractivity contribution in [2.75, 3.05) is 31.1 Å². The summed E-state index contributed by atoms with van der Waals surface area (Å²) in [5.41, 5.74) is 1.65. The highest BCUT2D eigenvalue weighted by molar-refractivity contribution is 6.30. The van der Waals surface area contributed by atoms with Gasteiger partial charge in [-0.05, 0) is 18.2 Å². The number of nitrogens with zero attached hydrogens (tertiary/aromatic N) is 2. The third-order valence-electron chi connectivity index (χ3n) is 2.54. The summed E-state index contributed by atoms with van der Waals surface area (Å²) in [6.45, 7) is 3.76. The molecule has 4 heteroatoms. The van der Waals surface area contributed by atoms with Gasteiger partial charge in [-0.3, -0.25) is 0 Å². The lowest BCUT2D eigenvalue weighted by atomic mass is 10.1. The zero-order valence-corrected chi connectivity index (χ0v) is 9.09. The van der Waals surface area contributed by atoms with E-state index >= 15 is 0 Å². The molecule has 1 heterocycles. The Morgan fingerprint density at radius 2 is 2.07 bits per heavy atom. The highest BCUT2D eigenvalue weighted by Crippen LogP contribution is 2.24. The Balaban J connectivity index is 2.32. The first kappa shape index (κ1) is 10.3. The second kappa shape index (κ2) is 4.52. The van der Waals surface area contributed by atoms with Crippen molar-refractivity contribution in [1.29, 1.82) is 5.26 Å². The first-order valence-corrected chi connectivity index (χ1v) is 5.34. The van der Waals surface area contributed by atoms with Gasteiger partial charge in [0.25, 0.3) is 0 Å². The SMILES string of the molecule is N#Cc1ccc(Cl)cc1N1CCNCC1. The number of halogens is 1. The fourth-order valence-electron chi connectivity index (χ4n) is 1.77. The minimum absolute atomic E-state index is 0.683. The maximum Gasteiger partial charge on any atom is 0.101 e. The van der Waals surface area contributed by atoms with Gasteiger partial charge in [-0.1, -0.05) is 11.6 Å². The lowest BCUT2D eigenvalue weighted by Crippen LogP contribution is -2.43. The molecule has 0 atom stereocenters. The van der Waals surface area contributed by atoms with Crippen molar-refractivity contribution >= 4 is 17.3 Å². The van der Waals surface area contributed by atoms with Gasteiger partial charge >= 0.3 is 0 Å². The number of rotatable bonds is 1. The molecular weight excluding hydrogens is 210 g/mol. The van der Waals surface area contributed by atoms with Crippen LogP contribution in [0.25, 0.3) is 0 Å². The molecule has 1 aliphatic rings. The van der Waals surface area contributed by atoms with Crippen molar-refractivity contribution in [1.82, 2.24) is 5.32 Å². The predicted molar refractivity (Wildman–Crippen MR) is 61.2 cm³/mol. The van der Waals surface area contributed by atoms with Gasteiger partial charge in [-0.25, -0.2) is 0 Å². The molecule has 0 saturated carbocycles. The summed E-state index contributed by atoms with van der Waals surface area (Å²) in [5, 5.41) is 13.0. The van der Waals surface area contributed by atoms with Crippen LogP contribution in [0.4, 0.5) is 5.69 Å². The molecule has 0 aliphatic carbocycles. The molecule has 0 bridgehead atoms. The van der Waals surface area contributed by atoms with Crippen molar-refractivity contribution in [2.45, 2.75) is 0 Å².